The summed E-state index contributed by atoms with van der Waals surface area (Å²) >= 11 is 1.30. The average Bonchev–Trinajstić information content (AvgIpc) is 2.76. The van der Waals surface area contributed by atoms with Gasteiger partial charge in [0.2, 0.25) is 0 Å². The van der Waals surface area contributed by atoms with E-state index in [1.807, 2.05) is 24.3 Å². The van der Waals surface area contributed by atoms with Gasteiger partial charge in [-0.05, 0) is 31.2 Å². The molecular formula is C21H17FN6OS. The molecule has 0 fully saturated rings. The molecule has 0 spiro atoms. The summed E-state index contributed by atoms with van der Waals surface area (Å²) in [5.41, 5.74) is 7.79. The SMILES string of the molecule is CC(F)COc1ccc(-c2c(C#N)c(N)nc(SCc3ccccn3)c2C#N)nc1. The Kier molecular flexibility index (Phi) is 6.79. The molecule has 0 aromatic carbocycles. The van der Waals surface area contributed by atoms with Crippen LogP contribution >= 0.6 is 11.8 Å². The Balaban J connectivity index is 1.99. The maximum absolute atomic E-state index is 13.0. The molecule has 0 aliphatic heterocycles. The van der Waals surface area contributed by atoms with Gasteiger partial charge in [0.05, 0.1) is 23.1 Å². The van der Waals surface area contributed by atoms with Gasteiger partial charge in [-0.3, -0.25) is 9.97 Å². The van der Waals surface area contributed by atoms with Gasteiger partial charge in [0.15, 0.2) is 0 Å². The van der Waals surface area contributed by atoms with E-state index in [-0.39, 0.29) is 23.6 Å². The maximum Gasteiger partial charge on any atom is 0.143 e. The Morgan fingerprint density at radius 3 is 2.57 bits per heavy atom. The van der Waals surface area contributed by atoms with Crippen LogP contribution in [0, 0.1) is 22.7 Å². The van der Waals surface area contributed by atoms with Gasteiger partial charge >= 0.3 is 0 Å². The Hall–Kier alpha value is -3.69. The lowest BCUT2D eigenvalue weighted by Gasteiger charge is -2.13. The summed E-state index contributed by atoms with van der Waals surface area (Å²) < 4.78 is 18.3. The van der Waals surface area contributed by atoms with Crippen molar-refractivity contribution in [1.82, 2.24) is 15.0 Å². The smallest absolute Gasteiger partial charge is 0.143 e. The second kappa shape index (κ2) is 9.68. The Labute approximate surface area is 177 Å². The summed E-state index contributed by atoms with van der Waals surface area (Å²) in [7, 11) is 0. The quantitative estimate of drug-likeness (QED) is 0.571. The van der Waals surface area contributed by atoms with Crippen molar-refractivity contribution in [3.8, 4) is 29.1 Å². The molecule has 0 saturated heterocycles. The molecular weight excluding hydrogens is 403 g/mol. The number of ether oxygens (including phenoxy) is 1. The molecule has 150 valence electrons. The fraction of sp³-hybridized carbons (Fsp3) is 0.190. The van der Waals surface area contributed by atoms with Gasteiger partial charge < -0.3 is 10.5 Å². The number of nitrogens with zero attached hydrogens (tertiary/aromatic N) is 5. The number of nitrogen functional groups attached to an aromatic ring is 1. The third-order valence-corrected chi connectivity index (χ3v) is 4.98. The molecule has 0 aliphatic rings. The van der Waals surface area contributed by atoms with Crippen LogP contribution in [-0.4, -0.2) is 27.7 Å². The van der Waals surface area contributed by atoms with Gasteiger partial charge in [-0.25, -0.2) is 9.37 Å². The third-order valence-electron chi connectivity index (χ3n) is 3.97. The first kappa shape index (κ1) is 21.0. The number of thioether (sulfide) groups is 1. The van der Waals surface area contributed by atoms with E-state index in [4.69, 9.17) is 10.5 Å². The van der Waals surface area contributed by atoms with Crippen LogP contribution in [0.25, 0.3) is 11.3 Å². The maximum atomic E-state index is 13.0. The Bertz CT molecular complexity index is 1110. The van der Waals surface area contributed by atoms with E-state index in [0.717, 1.165) is 5.69 Å². The zero-order valence-corrected chi connectivity index (χ0v) is 16.9. The lowest BCUT2D eigenvalue weighted by molar-refractivity contribution is 0.209. The highest BCUT2D eigenvalue weighted by Gasteiger charge is 2.21. The molecule has 7 nitrogen and oxygen atoms in total. The zero-order chi connectivity index (χ0) is 21.5. The van der Waals surface area contributed by atoms with Crippen LogP contribution in [0.3, 0.4) is 0 Å². The van der Waals surface area contributed by atoms with E-state index in [1.165, 1.54) is 24.9 Å². The number of aromatic nitrogens is 3. The summed E-state index contributed by atoms with van der Waals surface area (Å²) in [4.78, 5) is 12.8. The average molecular weight is 420 g/mol. The van der Waals surface area contributed by atoms with Gasteiger partial charge in [-0.2, -0.15) is 10.5 Å². The van der Waals surface area contributed by atoms with Crippen LogP contribution in [0.4, 0.5) is 10.2 Å². The van der Waals surface area contributed by atoms with E-state index in [9.17, 15) is 14.9 Å². The van der Waals surface area contributed by atoms with Gasteiger partial charge in [0, 0.05) is 17.5 Å². The number of anilines is 1. The number of hydrogen-bond donors (Lipinski definition) is 1. The van der Waals surface area contributed by atoms with Crippen molar-refractivity contribution >= 4 is 17.6 Å². The third kappa shape index (κ3) is 4.83. The molecule has 0 radical (unpaired) electrons. The molecule has 3 heterocycles. The lowest BCUT2D eigenvalue weighted by atomic mass is 10.0. The molecule has 0 aliphatic carbocycles. The summed E-state index contributed by atoms with van der Waals surface area (Å²) in [6, 6.07) is 12.9. The minimum atomic E-state index is -1.11. The molecule has 3 aromatic rings. The van der Waals surface area contributed by atoms with E-state index >= 15 is 0 Å². The second-order valence-electron chi connectivity index (χ2n) is 6.23. The normalized spacial score (nSPS) is 11.3. The first-order valence-corrected chi connectivity index (χ1v) is 9.91. The second-order valence-corrected chi connectivity index (χ2v) is 7.20. The summed E-state index contributed by atoms with van der Waals surface area (Å²) in [5.74, 6) is 0.880. The van der Waals surface area contributed by atoms with Crippen LogP contribution in [0.15, 0.2) is 47.8 Å². The van der Waals surface area contributed by atoms with Crippen LogP contribution in [0.1, 0.15) is 23.7 Å². The number of alkyl halides is 1. The van der Waals surface area contributed by atoms with Crippen molar-refractivity contribution < 1.29 is 9.13 Å². The van der Waals surface area contributed by atoms with E-state index in [2.05, 4.69) is 21.0 Å². The van der Waals surface area contributed by atoms with Crippen molar-refractivity contribution in [1.29, 1.82) is 10.5 Å². The predicted molar refractivity (Wildman–Crippen MR) is 111 cm³/mol. The minimum absolute atomic E-state index is 0.0170. The largest absolute Gasteiger partial charge is 0.489 e. The lowest BCUT2D eigenvalue weighted by Crippen LogP contribution is -2.08. The first-order chi connectivity index (χ1) is 14.5. The molecule has 1 unspecified atom stereocenters. The van der Waals surface area contributed by atoms with Gasteiger partial charge in [0.1, 0.15) is 47.1 Å². The number of rotatable bonds is 7. The Morgan fingerprint density at radius 1 is 1.17 bits per heavy atom. The number of halogens is 1. The first-order valence-electron chi connectivity index (χ1n) is 8.93. The predicted octanol–water partition coefficient (Wildman–Crippen LogP) is 3.89. The van der Waals surface area contributed by atoms with Crippen molar-refractivity contribution in [3.63, 3.8) is 0 Å². The molecule has 0 amide bonds. The van der Waals surface area contributed by atoms with Crippen LogP contribution in [0.2, 0.25) is 0 Å². The highest BCUT2D eigenvalue weighted by molar-refractivity contribution is 7.98. The van der Waals surface area contributed by atoms with E-state index in [0.29, 0.717) is 27.8 Å². The van der Waals surface area contributed by atoms with Crippen molar-refractivity contribution in [2.45, 2.75) is 23.9 Å². The van der Waals surface area contributed by atoms with Crippen LogP contribution in [0.5, 0.6) is 5.75 Å². The highest BCUT2D eigenvalue weighted by atomic mass is 32.2. The van der Waals surface area contributed by atoms with Gasteiger partial charge in [-0.1, -0.05) is 17.8 Å². The van der Waals surface area contributed by atoms with Crippen LogP contribution in [-0.2, 0) is 5.75 Å². The van der Waals surface area contributed by atoms with Gasteiger partial charge in [-0.15, -0.1) is 0 Å². The Morgan fingerprint density at radius 2 is 1.97 bits per heavy atom. The zero-order valence-electron chi connectivity index (χ0n) is 16.0. The standard InChI is InChI=1S/C21H17FN6OS/c1-13(22)11-29-15-5-6-18(27-10-15)19-16(8-23)20(25)28-21(17(19)9-24)30-12-14-4-2-3-7-26-14/h2-7,10,13H,11-12H2,1H3,(H2,25,28). The molecule has 0 saturated carbocycles. The molecule has 0 bridgehead atoms. The van der Waals surface area contributed by atoms with Gasteiger partial charge in [0.25, 0.3) is 0 Å². The van der Waals surface area contributed by atoms with E-state index in [1.54, 1.807) is 18.3 Å². The summed E-state index contributed by atoms with van der Waals surface area (Å²) in [6.45, 7) is 1.30. The number of hydrogen-bond acceptors (Lipinski definition) is 8. The summed E-state index contributed by atoms with van der Waals surface area (Å²) in [5, 5.41) is 19.8. The highest BCUT2D eigenvalue weighted by Crippen LogP contribution is 2.36. The molecule has 30 heavy (non-hydrogen) atoms. The fourth-order valence-corrected chi connectivity index (χ4v) is 3.52. The van der Waals surface area contributed by atoms with Crippen LogP contribution < -0.4 is 10.5 Å². The summed E-state index contributed by atoms with van der Waals surface area (Å²) in [6.07, 6.45) is 1.99. The van der Waals surface area contributed by atoms with Crippen molar-refractivity contribution in [3.05, 3.63) is 59.5 Å². The fourth-order valence-electron chi connectivity index (χ4n) is 2.61. The molecule has 3 aromatic heterocycles. The van der Waals surface area contributed by atoms with Crippen molar-refractivity contribution in [2.75, 3.05) is 12.3 Å². The number of nitrogens with two attached hydrogens (primary N) is 1. The minimum Gasteiger partial charge on any atom is -0.489 e. The molecule has 1 atom stereocenters. The number of pyridine rings is 3. The topological polar surface area (TPSA) is 121 Å². The molecule has 9 heteroatoms. The van der Waals surface area contributed by atoms with Crippen molar-refractivity contribution in [2.24, 2.45) is 0 Å². The molecule has 3 rings (SSSR count). The monoisotopic (exact) mass is 420 g/mol. The number of nitriles is 2. The molecule has 2 N–H and O–H groups in total. The van der Waals surface area contributed by atoms with E-state index < -0.39 is 6.17 Å².